The lowest BCUT2D eigenvalue weighted by Crippen LogP contribution is -2.27. The first-order valence-corrected chi connectivity index (χ1v) is 6.36. The summed E-state index contributed by atoms with van der Waals surface area (Å²) >= 11 is 6.03. The van der Waals surface area contributed by atoms with Crippen LogP contribution in [-0.2, 0) is 0 Å². The van der Waals surface area contributed by atoms with Gasteiger partial charge in [-0.25, -0.2) is 0 Å². The van der Waals surface area contributed by atoms with E-state index < -0.39 is 0 Å². The first-order chi connectivity index (χ1) is 7.58. The highest BCUT2D eigenvalue weighted by atomic mass is 35.5. The van der Waals surface area contributed by atoms with Crippen LogP contribution in [0.4, 0.5) is 0 Å². The molecule has 16 heavy (non-hydrogen) atoms. The Morgan fingerprint density at radius 2 is 1.88 bits per heavy atom. The molecule has 1 nitrogen and oxygen atoms in total. The van der Waals surface area contributed by atoms with Crippen LogP contribution in [0.25, 0.3) is 0 Å². The third-order valence-electron chi connectivity index (χ3n) is 3.38. The lowest BCUT2D eigenvalue weighted by atomic mass is 9.78. The second-order valence-electron chi connectivity index (χ2n) is 4.85. The molecule has 0 aromatic heterocycles. The number of ether oxygens (including phenoxy) is 1. The Balaban J connectivity index is 2.40. The van der Waals surface area contributed by atoms with Crippen molar-refractivity contribution in [1.29, 1.82) is 0 Å². The Morgan fingerprint density at radius 3 is 2.38 bits per heavy atom. The van der Waals surface area contributed by atoms with Crippen molar-refractivity contribution in [3.8, 4) is 5.75 Å². The van der Waals surface area contributed by atoms with E-state index >= 15 is 0 Å². The fourth-order valence-electron chi connectivity index (χ4n) is 1.43. The molecule has 1 unspecified atom stereocenters. The molecular formula is C14H21ClO. The first-order valence-electron chi connectivity index (χ1n) is 5.82. The summed E-state index contributed by atoms with van der Waals surface area (Å²) in [4.78, 5) is 0. The Labute approximate surface area is 104 Å². The Hall–Kier alpha value is -0.690. The molecular weight excluding hydrogens is 220 g/mol. The molecule has 0 aliphatic carbocycles. The molecule has 2 heteroatoms. The van der Waals surface area contributed by atoms with E-state index in [1.807, 2.05) is 30.3 Å². The van der Waals surface area contributed by atoms with Crippen molar-refractivity contribution in [1.82, 2.24) is 0 Å². The van der Waals surface area contributed by atoms with Crippen molar-refractivity contribution in [3.05, 3.63) is 30.3 Å². The minimum atomic E-state index is 0.163. The SMILES string of the molecule is CC(C)C(C)(CCl)CCOc1ccccc1. The predicted octanol–water partition coefficient (Wildman–Crippen LogP) is 4.36. The monoisotopic (exact) mass is 240 g/mol. The van der Waals surface area contributed by atoms with Crippen LogP contribution in [0.15, 0.2) is 30.3 Å². The minimum Gasteiger partial charge on any atom is -0.494 e. The van der Waals surface area contributed by atoms with Crippen LogP contribution < -0.4 is 4.74 Å². The fraction of sp³-hybridized carbons (Fsp3) is 0.571. The summed E-state index contributed by atoms with van der Waals surface area (Å²) in [6.07, 6.45) is 0.989. The van der Waals surface area contributed by atoms with Crippen molar-refractivity contribution in [2.24, 2.45) is 11.3 Å². The van der Waals surface area contributed by atoms with Crippen LogP contribution in [0, 0.1) is 11.3 Å². The molecule has 0 amide bonds. The number of rotatable bonds is 6. The van der Waals surface area contributed by atoms with Gasteiger partial charge in [-0.15, -0.1) is 11.6 Å². The quantitative estimate of drug-likeness (QED) is 0.672. The number of halogens is 1. The molecule has 0 fully saturated rings. The molecule has 0 aliphatic heterocycles. The van der Waals surface area contributed by atoms with Crippen LogP contribution in [0.1, 0.15) is 27.2 Å². The average molecular weight is 241 g/mol. The lowest BCUT2D eigenvalue weighted by molar-refractivity contribution is 0.179. The highest BCUT2D eigenvalue weighted by Crippen LogP contribution is 2.32. The molecule has 0 radical (unpaired) electrons. The Kier molecular flexibility index (Phi) is 5.14. The standard InChI is InChI=1S/C14H21ClO/c1-12(2)14(3,11-15)9-10-16-13-7-5-4-6-8-13/h4-8,12H,9-11H2,1-3H3. The topological polar surface area (TPSA) is 9.23 Å². The summed E-state index contributed by atoms with van der Waals surface area (Å²) in [5, 5.41) is 0. The van der Waals surface area contributed by atoms with Crippen molar-refractivity contribution in [2.45, 2.75) is 27.2 Å². The number of para-hydroxylation sites is 1. The summed E-state index contributed by atoms with van der Waals surface area (Å²) in [5.74, 6) is 2.19. The molecule has 0 heterocycles. The minimum absolute atomic E-state index is 0.163. The van der Waals surface area contributed by atoms with E-state index in [-0.39, 0.29) is 5.41 Å². The van der Waals surface area contributed by atoms with Gasteiger partial charge in [0.1, 0.15) is 5.75 Å². The Morgan fingerprint density at radius 1 is 1.25 bits per heavy atom. The van der Waals surface area contributed by atoms with E-state index in [1.54, 1.807) is 0 Å². The van der Waals surface area contributed by atoms with Crippen molar-refractivity contribution < 1.29 is 4.74 Å². The van der Waals surface area contributed by atoms with E-state index in [0.29, 0.717) is 11.8 Å². The van der Waals surface area contributed by atoms with Crippen molar-refractivity contribution in [3.63, 3.8) is 0 Å². The molecule has 1 atom stereocenters. The van der Waals surface area contributed by atoms with Crippen LogP contribution >= 0.6 is 11.6 Å². The number of benzene rings is 1. The number of hydrogen-bond acceptors (Lipinski definition) is 1. The molecule has 1 aromatic rings. The Bertz CT molecular complexity index is 297. The smallest absolute Gasteiger partial charge is 0.119 e. The van der Waals surface area contributed by atoms with E-state index in [0.717, 1.165) is 18.8 Å². The summed E-state index contributed by atoms with van der Waals surface area (Å²) in [6.45, 7) is 7.38. The molecule has 0 saturated heterocycles. The molecule has 0 aliphatic rings. The molecule has 1 aromatic carbocycles. The van der Waals surface area contributed by atoms with Gasteiger partial charge in [0.2, 0.25) is 0 Å². The van der Waals surface area contributed by atoms with Crippen LogP contribution in [0.3, 0.4) is 0 Å². The van der Waals surface area contributed by atoms with Gasteiger partial charge in [0.05, 0.1) is 6.61 Å². The number of alkyl halides is 1. The van der Waals surface area contributed by atoms with Crippen LogP contribution in [-0.4, -0.2) is 12.5 Å². The van der Waals surface area contributed by atoms with Gasteiger partial charge in [-0.3, -0.25) is 0 Å². The average Bonchev–Trinajstić information content (AvgIpc) is 2.30. The summed E-state index contributed by atoms with van der Waals surface area (Å²) in [7, 11) is 0. The van der Waals surface area contributed by atoms with Gasteiger partial charge in [-0.2, -0.15) is 0 Å². The third-order valence-corrected chi connectivity index (χ3v) is 3.99. The summed E-state index contributed by atoms with van der Waals surface area (Å²) in [6, 6.07) is 9.92. The largest absolute Gasteiger partial charge is 0.494 e. The predicted molar refractivity (Wildman–Crippen MR) is 70.2 cm³/mol. The maximum absolute atomic E-state index is 6.03. The van der Waals surface area contributed by atoms with Gasteiger partial charge >= 0.3 is 0 Å². The lowest BCUT2D eigenvalue weighted by Gasteiger charge is -2.31. The molecule has 0 N–H and O–H groups in total. The fourth-order valence-corrected chi connectivity index (χ4v) is 1.87. The maximum Gasteiger partial charge on any atom is 0.119 e. The van der Waals surface area contributed by atoms with Gasteiger partial charge in [0, 0.05) is 5.88 Å². The maximum atomic E-state index is 6.03. The van der Waals surface area contributed by atoms with E-state index in [4.69, 9.17) is 16.3 Å². The second kappa shape index (κ2) is 6.15. The molecule has 0 saturated carbocycles. The zero-order valence-corrected chi connectivity index (χ0v) is 11.1. The van der Waals surface area contributed by atoms with Gasteiger partial charge in [-0.05, 0) is 29.9 Å². The van der Waals surface area contributed by atoms with E-state index in [1.165, 1.54) is 0 Å². The third kappa shape index (κ3) is 3.71. The molecule has 90 valence electrons. The summed E-state index contributed by atoms with van der Waals surface area (Å²) in [5.41, 5.74) is 0.163. The van der Waals surface area contributed by atoms with E-state index in [9.17, 15) is 0 Å². The van der Waals surface area contributed by atoms with Crippen LogP contribution in [0.2, 0.25) is 0 Å². The van der Waals surface area contributed by atoms with Gasteiger partial charge in [0.15, 0.2) is 0 Å². The van der Waals surface area contributed by atoms with Gasteiger partial charge in [0.25, 0.3) is 0 Å². The highest BCUT2D eigenvalue weighted by Gasteiger charge is 2.27. The van der Waals surface area contributed by atoms with Crippen LogP contribution in [0.5, 0.6) is 5.75 Å². The van der Waals surface area contributed by atoms with Gasteiger partial charge in [-0.1, -0.05) is 39.0 Å². The van der Waals surface area contributed by atoms with Crippen molar-refractivity contribution >= 4 is 11.6 Å². The highest BCUT2D eigenvalue weighted by molar-refractivity contribution is 6.18. The van der Waals surface area contributed by atoms with Gasteiger partial charge < -0.3 is 4.74 Å². The zero-order valence-electron chi connectivity index (χ0n) is 10.4. The summed E-state index contributed by atoms with van der Waals surface area (Å²) < 4.78 is 5.70. The second-order valence-corrected chi connectivity index (χ2v) is 5.12. The molecule has 1 rings (SSSR count). The zero-order chi connectivity index (χ0) is 12.0. The normalized spacial score (nSPS) is 14.8. The number of hydrogen-bond donors (Lipinski definition) is 0. The molecule has 0 bridgehead atoms. The molecule has 0 spiro atoms. The first kappa shape index (κ1) is 13.4. The van der Waals surface area contributed by atoms with Crippen molar-refractivity contribution in [2.75, 3.05) is 12.5 Å². The van der Waals surface area contributed by atoms with E-state index in [2.05, 4.69) is 20.8 Å².